The van der Waals surface area contributed by atoms with E-state index < -0.39 is 0 Å². The van der Waals surface area contributed by atoms with E-state index >= 15 is 0 Å². The molecule has 0 N–H and O–H groups in total. The molecule has 2 aromatic rings. The molecular weight excluding hydrogens is 306 g/mol. The van der Waals surface area contributed by atoms with Gasteiger partial charge >= 0.3 is 5.97 Å². The Morgan fingerprint density at radius 1 is 1.17 bits per heavy atom. The minimum atomic E-state index is -0.305. The van der Waals surface area contributed by atoms with Crippen LogP contribution in [0.1, 0.15) is 41.7 Å². The quantitative estimate of drug-likeness (QED) is 0.801. The van der Waals surface area contributed by atoms with E-state index in [1.807, 2.05) is 25.1 Å². The Hall–Kier alpha value is -2.14. The number of benzene rings is 1. The van der Waals surface area contributed by atoms with Gasteiger partial charge in [-0.15, -0.1) is 0 Å². The summed E-state index contributed by atoms with van der Waals surface area (Å²) in [5.41, 5.74) is 2.09. The first-order valence-corrected chi connectivity index (χ1v) is 8.30. The molecule has 1 aliphatic carbocycles. The van der Waals surface area contributed by atoms with Gasteiger partial charge in [-0.2, -0.15) is 0 Å². The predicted molar refractivity (Wildman–Crippen MR) is 91.5 cm³/mol. The fourth-order valence-corrected chi connectivity index (χ4v) is 3.27. The summed E-state index contributed by atoms with van der Waals surface area (Å²) in [6, 6.07) is 7.31. The van der Waals surface area contributed by atoms with E-state index in [0.717, 1.165) is 42.3 Å². The second-order valence-electron chi connectivity index (χ2n) is 6.25. The maximum absolute atomic E-state index is 12.7. The molecule has 128 valence electrons. The fourth-order valence-electron chi connectivity index (χ4n) is 3.27. The normalized spacial score (nSPS) is 20.8. The van der Waals surface area contributed by atoms with Crippen LogP contribution >= 0.6 is 0 Å². The smallest absolute Gasteiger partial charge is 0.339 e. The first-order valence-electron chi connectivity index (χ1n) is 8.30. The van der Waals surface area contributed by atoms with E-state index in [4.69, 9.17) is 14.2 Å². The fraction of sp³-hybridized carbons (Fsp3) is 0.474. The van der Waals surface area contributed by atoms with Crippen molar-refractivity contribution in [2.75, 3.05) is 14.2 Å². The van der Waals surface area contributed by atoms with Crippen LogP contribution in [0.25, 0.3) is 10.9 Å². The van der Waals surface area contributed by atoms with Crippen LogP contribution in [-0.2, 0) is 9.47 Å². The number of esters is 1. The number of rotatable bonds is 4. The molecule has 0 amide bonds. The van der Waals surface area contributed by atoms with Gasteiger partial charge in [0.2, 0.25) is 0 Å². The second-order valence-corrected chi connectivity index (χ2v) is 6.25. The van der Waals surface area contributed by atoms with Crippen LogP contribution in [0.3, 0.4) is 0 Å². The van der Waals surface area contributed by atoms with Gasteiger partial charge < -0.3 is 14.2 Å². The molecule has 0 radical (unpaired) electrons. The van der Waals surface area contributed by atoms with Gasteiger partial charge in [-0.3, -0.25) is 4.98 Å². The molecule has 0 unspecified atom stereocenters. The summed E-state index contributed by atoms with van der Waals surface area (Å²) in [4.78, 5) is 17.2. The monoisotopic (exact) mass is 329 g/mol. The van der Waals surface area contributed by atoms with Crippen molar-refractivity contribution < 1.29 is 19.0 Å². The van der Waals surface area contributed by atoms with E-state index in [9.17, 15) is 4.79 Å². The van der Waals surface area contributed by atoms with Crippen molar-refractivity contribution in [3.05, 3.63) is 35.5 Å². The predicted octanol–water partition coefficient (Wildman–Crippen LogP) is 3.67. The summed E-state index contributed by atoms with van der Waals surface area (Å²) in [6.45, 7) is 1.88. The summed E-state index contributed by atoms with van der Waals surface area (Å²) in [7, 11) is 3.31. The third-order valence-corrected chi connectivity index (χ3v) is 4.55. The minimum absolute atomic E-state index is 0.0923. The van der Waals surface area contributed by atoms with Crippen molar-refractivity contribution in [2.45, 2.75) is 44.8 Å². The first-order chi connectivity index (χ1) is 11.6. The number of methoxy groups -OCH3 is 2. The molecular formula is C19H23NO4. The van der Waals surface area contributed by atoms with E-state index in [1.54, 1.807) is 20.3 Å². The highest BCUT2D eigenvalue weighted by molar-refractivity contribution is 6.04. The van der Waals surface area contributed by atoms with Gasteiger partial charge in [0.15, 0.2) is 0 Å². The summed E-state index contributed by atoms with van der Waals surface area (Å²) >= 11 is 0. The molecule has 0 bridgehead atoms. The zero-order valence-corrected chi connectivity index (χ0v) is 14.4. The molecule has 1 aromatic carbocycles. The molecule has 1 fully saturated rings. The summed E-state index contributed by atoms with van der Waals surface area (Å²) in [6.07, 6.45) is 3.77. The van der Waals surface area contributed by atoms with Crippen molar-refractivity contribution in [3.63, 3.8) is 0 Å². The molecule has 1 aromatic heterocycles. The number of aromatic nitrogens is 1. The molecule has 24 heavy (non-hydrogen) atoms. The Morgan fingerprint density at radius 2 is 1.96 bits per heavy atom. The van der Waals surface area contributed by atoms with Crippen molar-refractivity contribution in [1.29, 1.82) is 0 Å². The zero-order chi connectivity index (χ0) is 17.1. The van der Waals surface area contributed by atoms with Gasteiger partial charge in [0.25, 0.3) is 0 Å². The lowest BCUT2D eigenvalue weighted by Gasteiger charge is -2.28. The molecule has 0 spiro atoms. The van der Waals surface area contributed by atoms with Crippen LogP contribution in [0.5, 0.6) is 5.75 Å². The molecule has 5 nitrogen and oxygen atoms in total. The van der Waals surface area contributed by atoms with E-state index in [-0.39, 0.29) is 18.2 Å². The Morgan fingerprint density at radius 3 is 2.71 bits per heavy atom. The third-order valence-electron chi connectivity index (χ3n) is 4.55. The molecule has 3 rings (SSSR count). The number of hydrogen-bond acceptors (Lipinski definition) is 5. The second kappa shape index (κ2) is 7.18. The van der Waals surface area contributed by atoms with Crippen molar-refractivity contribution in [3.8, 4) is 5.75 Å². The molecule has 1 heterocycles. The van der Waals surface area contributed by atoms with Gasteiger partial charge in [-0.25, -0.2) is 4.79 Å². The molecule has 0 aliphatic heterocycles. The van der Waals surface area contributed by atoms with Crippen LogP contribution in [-0.4, -0.2) is 37.4 Å². The molecule has 1 saturated carbocycles. The van der Waals surface area contributed by atoms with Crippen LogP contribution < -0.4 is 4.74 Å². The van der Waals surface area contributed by atoms with Gasteiger partial charge in [-0.1, -0.05) is 0 Å². The van der Waals surface area contributed by atoms with Crippen molar-refractivity contribution in [2.24, 2.45) is 0 Å². The minimum Gasteiger partial charge on any atom is -0.497 e. The maximum atomic E-state index is 12.7. The Balaban J connectivity index is 1.88. The van der Waals surface area contributed by atoms with E-state index in [2.05, 4.69) is 4.98 Å². The van der Waals surface area contributed by atoms with Gasteiger partial charge in [0, 0.05) is 24.6 Å². The number of pyridine rings is 1. The summed E-state index contributed by atoms with van der Waals surface area (Å²) < 4.78 is 16.4. The van der Waals surface area contributed by atoms with Gasteiger partial charge in [-0.05, 0) is 50.5 Å². The van der Waals surface area contributed by atoms with E-state index in [1.165, 1.54) is 0 Å². The molecule has 1 aliphatic rings. The average Bonchev–Trinajstić information content (AvgIpc) is 2.60. The zero-order valence-electron chi connectivity index (χ0n) is 14.4. The topological polar surface area (TPSA) is 57.7 Å². The number of hydrogen-bond donors (Lipinski definition) is 0. The Kier molecular flexibility index (Phi) is 5.00. The standard InChI is InChI=1S/C19H23NO4/c1-12-9-17(16-11-14(23-3)7-8-18(16)20-12)19(21)24-15-6-4-5-13(10-15)22-2/h7-9,11,13,15H,4-6,10H2,1-3H3/t13-,15+/m0/s1. The Labute approximate surface area is 141 Å². The largest absolute Gasteiger partial charge is 0.497 e. The highest BCUT2D eigenvalue weighted by Gasteiger charge is 2.26. The number of carbonyl (C=O) groups is 1. The van der Waals surface area contributed by atoms with Crippen LogP contribution in [0.4, 0.5) is 0 Å². The van der Waals surface area contributed by atoms with Crippen LogP contribution in [0.2, 0.25) is 0 Å². The van der Waals surface area contributed by atoms with Crippen LogP contribution in [0.15, 0.2) is 24.3 Å². The van der Waals surface area contributed by atoms with Crippen molar-refractivity contribution in [1.82, 2.24) is 4.98 Å². The highest BCUT2D eigenvalue weighted by atomic mass is 16.5. The molecule has 5 heteroatoms. The lowest BCUT2D eigenvalue weighted by atomic mass is 9.95. The number of nitrogens with zero attached hydrogens (tertiary/aromatic N) is 1. The SMILES string of the molecule is COc1ccc2nc(C)cc(C(=O)O[C@@H]3CCC[C@H](OC)C3)c2c1. The lowest BCUT2D eigenvalue weighted by molar-refractivity contribution is -0.0148. The number of carbonyl (C=O) groups excluding carboxylic acids is 1. The molecule has 2 atom stereocenters. The summed E-state index contributed by atoms with van der Waals surface area (Å²) in [5.74, 6) is 0.389. The number of ether oxygens (including phenoxy) is 3. The highest BCUT2D eigenvalue weighted by Crippen LogP contribution is 2.27. The van der Waals surface area contributed by atoms with Gasteiger partial charge in [0.1, 0.15) is 11.9 Å². The lowest BCUT2D eigenvalue weighted by Crippen LogP contribution is -2.29. The number of aryl methyl sites for hydroxylation is 1. The average molecular weight is 329 g/mol. The maximum Gasteiger partial charge on any atom is 0.339 e. The number of fused-ring (bicyclic) bond motifs is 1. The van der Waals surface area contributed by atoms with Crippen molar-refractivity contribution >= 4 is 16.9 Å². The van der Waals surface area contributed by atoms with Gasteiger partial charge in [0.05, 0.1) is 24.3 Å². The first kappa shape index (κ1) is 16.7. The third kappa shape index (κ3) is 3.51. The van der Waals surface area contributed by atoms with Crippen LogP contribution in [0, 0.1) is 6.92 Å². The molecule has 0 saturated heterocycles. The summed E-state index contributed by atoms with van der Waals surface area (Å²) in [5, 5.41) is 0.754. The Bertz CT molecular complexity index is 743. The van der Waals surface area contributed by atoms with E-state index in [0.29, 0.717) is 11.3 Å².